The first kappa shape index (κ1) is 13.1. The largest absolute Gasteiger partial charge is 0.378 e. The smallest absolute Gasteiger partial charge is 0.0593 e. The third-order valence-corrected chi connectivity index (χ3v) is 4.00. The van der Waals surface area contributed by atoms with Gasteiger partial charge in [-0.3, -0.25) is 11.3 Å². The van der Waals surface area contributed by atoms with Gasteiger partial charge in [0, 0.05) is 12.6 Å². The molecule has 3 nitrogen and oxygen atoms in total. The lowest BCUT2D eigenvalue weighted by atomic mass is 9.94. The third kappa shape index (κ3) is 4.09. The van der Waals surface area contributed by atoms with Gasteiger partial charge in [0.15, 0.2) is 0 Å². The monoisotopic (exact) mass is 238 g/mol. The van der Waals surface area contributed by atoms with E-state index < -0.39 is 0 Å². The topological polar surface area (TPSA) is 47.3 Å². The van der Waals surface area contributed by atoms with E-state index in [4.69, 9.17) is 10.6 Å². The highest BCUT2D eigenvalue weighted by atomic mass is 16.5. The summed E-state index contributed by atoms with van der Waals surface area (Å²) in [4.78, 5) is 0. The summed E-state index contributed by atoms with van der Waals surface area (Å²) in [5.74, 6) is 5.73. The maximum Gasteiger partial charge on any atom is 0.0593 e. The van der Waals surface area contributed by atoms with Crippen LogP contribution in [0.4, 0.5) is 0 Å². The lowest BCUT2D eigenvalue weighted by Crippen LogP contribution is -2.40. The zero-order valence-electron chi connectivity index (χ0n) is 10.8. The van der Waals surface area contributed by atoms with Crippen molar-refractivity contribution in [2.75, 3.05) is 6.61 Å². The molecule has 0 saturated carbocycles. The Morgan fingerprint density at radius 1 is 1.29 bits per heavy atom. The van der Waals surface area contributed by atoms with Crippen molar-refractivity contribution in [1.82, 2.24) is 5.43 Å². The summed E-state index contributed by atoms with van der Waals surface area (Å²) in [7, 11) is 0. The fraction of sp³-hybridized carbons (Fsp3) is 0.857. The summed E-state index contributed by atoms with van der Waals surface area (Å²) in [5, 5.41) is 0. The standard InChI is InChI=1S/C14H26N2O/c15-16-14(11-13-9-5-6-10-17-13)12-7-3-1-2-4-8-12/h7,13-14,16H,1-6,8-11,15H2. The van der Waals surface area contributed by atoms with Crippen LogP contribution in [0, 0.1) is 0 Å². The van der Waals surface area contributed by atoms with Crippen LogP contribution >= 0.6 is 0 Å². The van der Waals surface area contributed by atoms with Gasteiger partial charge in [-0.05, 0) is 51.4 Å². The Balaban J connectivity index is 1.87. The molecule has 2 aliphatic rings. The summed E-state index contributed by atoms with van der Waals surface area (Å²) >= 11 is 0. The first-order valence-corrected chi connectivity index (χ1v) is 7.17. The van der Waals surface area contributed by atoms with Crippen LogP contribution in [0.3, 0.4) is 0 Å². The van der Waals surface area contributed by atoms with Crippen LogP contribution in [0.1, 0.15) is 57.8 Å². The van der Waals surface area contributed by atoms with Gasteiger partial charge in [0.25, 0.3) is 0 Å². The minimum absolute atomic E-state index is 0.330. The number of allylic oxidation sites excluding steroid dienone is 1. The van der Waals surface area contributed by atoms with Gasteiger partial charge in [-0.15, -0.1) is 0 Å². The van der Waals surface area contributed by atoms with Crippen molar-refractivity contribution in [3.8, 4) is 0 Å². The van der Waals surface area contributed by atoms with E-state index in [0.29, 0.717) is 12.1 Å². The van der Waals surface area contributed by atoms with Gasteiger partial charge in [-0.25, -0.2) is 0 Å². The lowest BCUT2D eigenvalue weighted by Gasteiger charge is -2.28. The van der Waals surface area contributed by atoms with Gasteiger partial charge in [-0.1, -0.05) is 18.1 Å². The van der Waals surface area contributed by atoms with Crippen LogP contribution in [0.25, 0.3) is 0 Å². The average Bonchev–Trinajstić information content (AvgIpc) is 2.66. The van der Waals surface area contributed by atoms with E-state index >= 15 is 0 Å². The zero-order chi connectivity index (χ0) is 11.9. The van der Waals surface area contributed by atoms with Crippen molar-refractivity contribution in [2.45, 2.75) is 69.9 Å². The Kier molecular flexibility index (Phi) is 5.49. The van der Waals surface area contributed by atoms with Gasteiger partial charge < -0.3 is 4.74 Å². The Morgan fingerprint density at radius 3 is 3.00 bits per heavy atom. The SMILES string of the molecule is NNC(CC1CCCCO1)C1=CCCCCC1. The highest BCUT2D eigenvalue weighted by Gasteiger charge is 2.21. The van der Waals surface area contributed by atoms with E-state index in [1.807, 2.05) is 0 Å². The molecule has 1 heterocycles. The van der Waals surface area contributed by atoms with Crippen LogP contribution in [-0.4, -0.2) is 18.8 Å². The quantitative estimate of drug-likeness (QED) is 0.450. The number of ether oxygens (including phenoxy) is 1. The molecule has 0 aromatic carbocycles. The molecular formula is C14H26N2O. The maximum absolute atomic E-state index is 5.81. The molecule has 0 spiro atoms. The van der Waals surface area contributed by atoms with Crippen LogP contribution in [-0.2, 0) is 4.74 Å². The van der Waals surface area contributed by atoms with Gasteiger partial charge in [0.2, 0.25) is 0 Å². The molecule has 1 aliphatic heterocycles. The van der Waals surface area contributed by atoms with Crippen LogP contribution in [0.15, 0.2) is 11.6 Å². The summed E-state index contributed by atoms with van der Waals surface area (Å²) < 4.78 is 5.81. The number of hydrogen-bond acceptors (Lipinski definition) is 3. The fourth-order valence-corrected chi connectivity index (χ4v) is 2.94. The van der Waals surface area contributed by atoms with Gasteiger partial charge >= 0.3 is 0 Å². The second-order valence-corrected chi connectivity index (χ2v) is 5.32. The first-order valence-electron chi connectivity index (χ1n) is 7.17. The Bertz CT molecular complexity index is 247. The molecule has 1 saturated heterocycles. The molecule has 0 bridgehead atoms. The Hall–Kier alpha value is -0.380. The molecule has 0 amide bonds. The van der Waals surface area contributed by atoms with Gasteiger partial charge in [0.1, 0.15) is 0 Å². The van der Waals surface area contributed by atoms with Crippen molar-refractivity contribution in [3.05, 3.63) is 11.6 Å². The van der Waals surface area contributed by atoms with Crippen LogP contribution in [0.5, 0.6) is 0 Å². The lowest BCUT2D eigenvalue weighted by molar-refractivity contribution is 0.00708. The minimum Gasteiger partial charge on any atom is -0.378 e. The molecule has 1 aliphatic carbocycles. The Morgan fingerprint density at radius 2 is 2.24 bits per heavy atom. The molecule has 98 valence electrons. The molecule has 2 atom stereocenters. The summed E-state index contributed by atoms with van der Waals surface area (Å²) in [6, 6.07) is 0.330. The van der Waals surface area contributed by atoms with Crippen molar-refractivity contribution < 1.29 is 4.74 Å². The predicted molar refractivity (Wildman–Crippen MR) is 70.5 cm³/mol. The summed E-state index contributed by atoms with van der Waals surface area (Å²) in [5.41, 5.74) is 4.51. The van der Waals surface area contributed by atoms with Crippen molar-refractivity contribution in [2.24, 2.45) is 5.84 Å². The molecule has 2 unspecified atom stereocenters. The van der Waals surface area contributed by atoms with Crippen LogP contribution in [0.2, 0.25) is 0 Å². The van der Waals surface area contributed by atoms with Crippen molar-refractivity contribution in [1.29, 1.82) is 0 Å². The Labute approximate surface area is 105 Å². The average molecular weight is 238 g/mol. The highest BCUT2D eigenvalue weighted by molar-refractivity contribution is 5.12. The highest BCUT2D eigenvalue weighted by Crippen LogP contribution is 2.25. The molecule has 17 heavy (non-hydrogen) atoms. The molecule has 0 aromatic heterocycles. The van der Waals surface area contributed by atoms with E-state index in [0.717, 1.165) is 13.0 Å². The summed E-state index contributed by atoms with van der Waals surface area (Å²) in [6.45, 7) is 0.932. The second-order valence-electron chi connectivity index (χ2n) is 5.32. The van der Waals surface area contributed by atoms with Crippen molar-refractivity contribution >= 4 is 0 Å². The molecule has 0 aromatic rings. The van der Waals surface area contributed by atoms with Gasteiger partial charge in [0.05, 0.1) is 6.10 Å². The number of hydrazine groups is 1. The number of rotatable bonds is 4. The van der Waals surface area contributed by atoms with Crippen molar-refractivity contribution in [3.63, 3.8) is 0 Å². The first-order chi connectivity index (χ1) is 8.40. The number of nitrogens with one attached hydrogen (secondary N) is 1. The van der Waals surface area contributed by atoms with E-state index in [2.05, 4.69) is 11.5 Å². The molecule has 3 N–H and O–H groups in total. The summed E-state index contributed by atoms with van der Waals surface area (Å²) in [6.07, 6.45) is 14.0. The van der Waals surface area contributed by atoms with E-state index in [9.17, 15) is 0 Å². The second kappa shape index (κ2) is 7.14. The molecule has 2 rings (SSSR count). The molecule has 0 radical (unpaired) electrons. The van der Waals surface area contributed by atoms with E-state index in [1.165, 1.54) is 56.9 Å². The fourth-order valence-electron chi connectivity index (χ4n) is 2.94. The molecule has 3 heteroatoms. The minimum atomic E-state index is 0.330. The predicted octanol–water partition coefficient (Wildman–Crippen LogP) is 2.67. The zero-order valence-corrected chi connectivity index (χ0v) is 10.8. The molecule has 1 fully saturated rings. The normalized spacial score (nSPS) is 28.3. The third-order valence-electron chi connectivity index (χ3n) is 4.00. The van der Waals surface area contributed by atoms with Crippen LogP contribution < -0.4 is 11.3 Å². The number of nitrogens with two attached hydrogens (primary N) is 1. The number of hydrogen-bond donors (Lipinski definition) is 2. The molecular weight excluding hydrogens is 212 g/mol. The van der Waals surface area contributed by atoms with E-state index in [1.54, 1.807) is 0 Å². The van der Waals surface area contributed by atoms with E-state index in [-0.39, 0.29) is 0 Å². The van der Waals surface area contributed by atoms with Gasteiger partial charge in [-0.2, -0.15) is 0 Å². The maximum atomic E-state index is 5.81.